The maximum absolute atomic E-state index is 12.4. The van der Waals surface area contributed by atoms with Crippen LogP contribution in [0.15, 0.2) is 107 Å². The predicted molar refractivity (Wildman–Crippen MR) is 195 cm³/mol. The average molecular weight is 663 g/mol. The van der Waals surface area contributed by atoms with Gasteiger partial charge in [-0.3, -0.25) is 9.98 Å². The molecular formula is C41H46N2O6. The number of benzene rings is 4. The molecule has 4 rings (SSSR count). The summed E-state index contributed by atoms with van der Waals surface area (Å²) in [5.74, 6) is 0.810. The van der Waals surface area contributed by atoms with E-state index in [0.29, 0.717) is 17.5 Å². The lowest BCUT2D eigenvalue weighted by Crippen LogP contribution is -2.11. The van der Waals surface area contributed by atoms with E-state index in [2.05, 4.69) is 23.8 Å². The summed E-state index contributed by atoms with van der Waals surface area (Å²) in [6, 6.07) is 29.4. The van der Waals surface area contributed by atoms with Crippen molar-refractivity contribution in [2.45, 2.75) is 58.8 Å². The quantitative estimate of drug-likeness (QED) is 0.0531. The average Bonchev–Trinajstić information content (AvgIpc) is 3.14. The molecule has 0 aliphatic rings. The first kappa shape index (κ1) is 36.6. The highest BCUT2D eigenvalue weighted by Crippen LogP contribution is 2.18. The van der Waals surface area contributed by atoms with Crippen LogP contribution in [-0.2, 0) is 9.47 Å². The standard InChI is InChI=1S/C41H46N2O6/c1-3-5-7-26-46-38-22-10-32(11-23-38)30-42-36-18-14-34(15-19-36)40(44)48-28-9-29-49-41(45)35-16-20-37(21-17-35)43-31-33-12-24-39(25-13-33)47-27-8-6-4-2/h10-25,30-31H,3-9,26-29H2,1-2H3. The van der Waals surface area contributed by atoms with Gasteiger partial charge in [0, 0.05) is 18.9 Å². The van der Waals surface area contributed by atoms with Crippen molar-refractivity contribution in [1.29, 1.82) is 0 Å². The van der Waals surface area contributed by atoms with E-state index in [1.165, 1.54) is 25.7 Å². The van der Waals surface area contributed by atoms with Gasteiger partial charge in [0.1, 0.15) is 11.5 Å². The number of unbranched alkanes of at least 4 members (excludes halogenated alkanes) is 4. The molecule has 256 valence electrons. The molecule has 0 bridgehead atoms. The Kier molecular flexibility index (Phi) is 15.6. The van der Waals surface area contributed by atoms with E-state index >= 15 is 0 Å². The molecule has 0 spiro atoms. The highest BCUT2D eigenvalue weighted by atomic mass is 16.5. The van der Waals surface area contributed by atoms with Gasteiger partial charge in [0.25, 0.3) is 0 Å². The second-order valence-corrected chi connectivity index (χ2v) is 11.5. The summed E-state index contributed by atoms with van der Waals surface area (Å²) in [4.78, 5) is 33.9. The summed E-state index contributed by atoms with van der Waals surface area (Å²) < 4.78 is 22.2. The van der Waals surface area contributed by atoms with Crippen molar-refractivity contribution in [2.75, 3.05) is 26.4 Å². The topological polar surface area (TPSA) is 95.8 Å². The maximum Gasteiger partial charge on any atom is 0.338 e. The van der Waals surface area contributed by atoms with Crippen LogP contribution in [0.25, 0.3) is 0 Å². The van der Waals surface area contributed by atoms with Gasteiger partial charge in [-0.2, -0.15) is 0 Å². The molecular weight excluding hydrogens is 616 g/mol. The van der Waals surface area contributed by atoms with Gasteiger partial charge in [-0.25, -0.2) is 9.59 Å². The summed E-state index contributed by atoms with van der Waals surface area (Å²) in [7, 11) is 0. The third kappa shape index (κ3) is 13.4. The molecule has 0 aliphatic heterocycles. The summed E-state index contributed by atoms with van der Waals surface area (Å²) in [5.41, 5.74) is 4.19. The lowest BCUT2D eigenvalue weighted by molar-refractivity contribution is 0.0396. The van der Waals surface area contributed by atoms with E-state index in [0.717, 1.165) is 60.1 Å². The molecule has 0 amide bonds. The molecule has 0 atom stereocenters. The van der Waals surface area contributed by atoms with Crippen LogP contribution in [0.1, 0.15) is 90.6 Å². The fourth-order valence-corrected chi connectivity index (χ4v) is 4.61. The van der Waals surface area contributed by atoms with Crippen molar-refractivity contribution >= 4 is 35.7 Å². The third-order valence-electron chi connectivity index (χ3n) is 7.48. The van der Waals surface area contributed by atoms with E-state index in [4.69, 9.17) is 18.9 Å². The van der Waals surface area contributed by atoms with Crippen molar-refractivity contribution in [3.63, 3.8) is 0 Å². The molecule has 4 aromatic carbocycles. The summed E-state index contributed by atoms with van der Waals surface area (Å²) in [6.45, 7) is 6.05. The smallest absolute Gasteiger partial charge is 0.338 e. The van der Waals surface area contributed by atoms with Crippen LogP contribution in [-0.4, -0.2) is 50.8 Å². The maximum atomic E-state index is 12.4. The molecule has 0 radical (unpaired) electrons. The first-order valence-electron chi connectivity index (χ1n) is 17.1. The zero-order chi connectivity index (χ0) is 34.5. The van der Waals surface area contributed by atoms with Gasteiger partial charge in [0.2, 0.25) is 0 Å². The molecule has 0 fully saturated rings. The highest BCUT2D eigenvalue weighted by Gasteiger charge is 2.09. The van der Waals surface area contributed by atoms with Gasteiger partial charge >= 0.3 is 11.9 Å². The van der Waals surface area contributed by atoms with Gasteiger partial charge in [-0.15, -0.1) is 0 Å². The van der Waals surface area contributed by atoms with E-state index < -0.39 is 11.9 Å². The summed E-state index contributed by atoms with van der Waals surface area (Å²) in [5, 5.41) is 0. The Morgan fingerprint density at radius 2 is 0.878 bits per heavy atom. The molecule has 8 nitrogen and oxygen atoms in total. The minimum atomic E-state index is -0.445. The number of ether oxygens (including phenoxy) is 4. The molecule has 8 heteroatoms. The van der Waals surface area contributed by atoms with Gasteiger partial charge in [0.15, 0.2) is 0 Å². The van der Waals surface area contributed by atoms with Crippen LogP contribution < -0.4 is 9.47 Å². The number of carbonyl (C=O) groups excluding carboxylic acids is 2. The number of hydrogen-bond acceptors (Lipinski definition) is 8. The fraction of sp³-hybridized carbons (Fsp3) is 0.317. The summed E-state index contributed by atoms with van der Waals surface area (Å²) >= 11 is 0. The Balaban J connectivity index is 1.11. The molecule has 49 heavy (non-hydrogen) atoms. The van der Waals surface area contributed by atoms with Crippen LogP contribution in [0, 0.1) is 0 Å². The molecule has 0 saturated heterocycles. The van der Waals surface area contributed by atoms with Gasteiger partial charge < -0.3 is 18.9 Å². The van der Waals surface area contributed by atoms with Crippen LogP contribution >= 0.6 is 0 Å². The van der Waals surface area contributed by atoms with Crippen molar-refractivity contribution in [3.8, 4) is 11.5 Å². The van der Waals surface area contributed by atoms with Crippen molar-refractivity contribution in [1.82, 2.24) is 0 Å². The van der Waals surface area contributed by atoms with E-state index in [1.54, 1.807) is 61.0 Å². The third-order valence-corrected chi connectivity index (χ3v) is 7.48. The first-order valence-corrected chi connectivity index (χ1v) is 17.1. The highest BCUT2D eigenvalue weighted by molar-refractivity contribution is 5.91. The zero-order valence-corrected chi connectivity index (χ0v) is 28.5. The van der Waals surface area contributed by atoms with E-state index in [9.17, 15) is 9.59 Å². The number of hydrogen-bond donors (Lipinski definition) is 0. The Hall–Kier alpha value is -5.24. The Morgan fingerprint density at radius 3 is 1.24 bits per heavy atom. The molecule has 0 heterocycles. The van der Waals surface area contributed by atoms with Crippen LogP contribution in [0.3, 0.4) is 0 Å². The minimum Gasteiger partial charge on any atom is -0.494 e. The van der Waals surface area contributed by atoms with Gasteiger partial charge in [-0.1, -0.05) is 39.5 Å². The molecule has 0 unspecified atom stereocenters. The van der Waals surface area contributed by atoms with E-state index in [1.807, 2.05) is 48.5 Å². The normalized spacial score (nSPS) is 11.1. The van der Waals surface area contributed by atoms with Crippen molar-refractivity contribution in [3.05, 3.63) is 119 Å². The van der Waals surface area contributed by atoms with Gasteiger partial charge in [0.05, 0.1) is 48.9 Å². The van der Waals surface area contributed by atoms with Crippen molar-refractivity contribution in [2.24, 2.45) is 9.98 Å². The van der Waals surface area contributed by atoms with Gasteiger partial charge in [-0.05, 0) is 121 Å². The first-order chi connectivity index (χ1) is 24.0. The van der Waals surface area contributed by atoms with Crippen LogP contribution in [0.2, 0.25) is 0 Å². The lowest BCUT2D eigenvalue weighted by Gasteiger charge is -2.07. The lowest BCUT2D eigenvalue weighted by atomic mass is 10.2. The molecule has 0 aromatic heterocycles. The second-order valence-electron chi connectivity index (χ2n) is 11.5. The second kappa shape index (κ2) is 20.9. The summed E-state index contributed by atoms with van der Waals surface area (Å²) in [6.07, 6.45) is 10.7. The predicted octanol–water partition coefficient (Wildman–Crippen LogP) is 9.73. The zero-order valence-electron chi connectivity index (χ0n) is 28.5. The number of rotatable bonds is 20. The van der Waals surface area contributed by atoms with Crippen LogP contribution in [0.4, 0.5) is 11.4 Å². The largest absolute Gasteiger partial charge is 0.494 e. The fourth-order valence-electron chi connectivity index (χ4n) is 4.61. The molecule has 0 saturated carbocycles. The number of carbonyl (C=O) groups is 2. The molecule has 4 aromatic rings. The SMILES string of the molecule is CCCCCOc1ccc(C=Nc2ccc(C(=O)OCCCOC(=O)c3ccc(N=Cc4ccc(OCCCCC)cc4)cc3)cc2)cc1. The Bertz CT molecular complexity index is 1490. The number of esters is 2. The number of nitrogens with zero attached hydrogens (tertiary/aromatic N) is 2. The van der Waals surface area contributed by atoms with E-state index in [-0.39, 0.29) is 13.2 Å². The molecule has 0 aliphatic carbocycles. The Labute approximate surface area is 289 Å². The minimum absolute atomic E-state index is 0.129. The van der Waals surface area contributed by atoms with Crippen LogP contribution in [0.5, 0.6) is 11.5 Å². The Morgan fingerprint density at radius 1 is 0.490 bits per heavy atom. The number of aliphatic imine (C=N–C) groups is 2. The molecule has 0 N–H and O–H groups in total. The monoisotopic (exact) mass is 662 g/mol. The van der Waals surface area contributed by atoms with Crippen molar-refractivity contribution < 1.29 is 28.5 Å².